The Labute approximate surface area is 201 Å². The minimum Gasteiger partial charge on any atom is -0.326 e. The second-order valence-electron chi connectivity index (χ2n) is 7.51. The highest BCUT2D eigenvalue weighted by Gasteiger charge is 2.23. The van der Waals surface area contributed by atoms with Gasteiger partial charge in [-0.25, -0.2) is 4.98 Å². The first-order valence-corrected chi connectivity index (χ1v) is 12.2. The lowest BCUT2D eigenvalue weighted by atomic mass is 10.1. The van der Waals surface area contributed by atoms with Crippen molar-refractivity contribution in [3.63, 3.8) is 0 Å². The summed E-state index contributed by atoms with van der Waals surface area (Å²) < 4.78 is 0. The van der Waals surface area contributed by atoms with Gasteiger partial charge in [-0.05, 0) is 30.7 Å². The van der Waals surface area contributed by atoms with Crippen LogP contribution in [0.5, 0.6) is 0 Å². The zero-order valence-electron chi connectivity index (χ0n) is 18.2. The maximum Gasteiger partial charge on any atom is 0.244 e. The SMILES string of the molecule is CC(=O)Nc1cccc(SC(C(=O)Nc2nc(-c3ccc(C)cc3)cs2)c2ccccc2)c1. The Bertz CT molecular complexity index is 1250. The van der Waals surface area contributed by atoms with Gasteiger partial charge in [-0.3, -0.25) is 9.59 Å². The lowest BCUT2D eigenvalue weighted by Gasteiger charge is -2.16. The largest absolute Gasteiger partial charge is 0.326 e. The van der Waals surface area contributed by atoms with E-state index in [4.69, 9.17) is 0 Å². The lowest BCUT2D eigenvalue weighted by Crippen LogP contribution is -2.19. The van der Waals surface area contributed by atoms with Gasteiger partial charge >= 0.3 is 0 Å². The molecule has 0 spiro atoms. The van der Waals surface area contributed by atoms with Gasteiger partial charge in [0, 0.05) is 28.5 Å². The maximum absolute atomic E-state index is 13.3. The van der Waals surface area contributed by atoms with Crippen molar-refractivity contribution < 1.29 is 9.59 Å². The Morgan fingerprint density at radius 1 is 0.939 bits per heavy atom. The third-order valence-corrected chi connectivity index (χ3v) is 6.84. The van der Waals surface area contributed by atoms with Crippen LogP contribution in [0.2, 0.25) is 0 Å². The van der Waals surface area contributed by atoms with E-state index in [9.17, 15) is 9.59 Å². The van der Waals surface area contributed by atoms with Gasteiger partial charge in [-0.15, -0.1) is 23.1 Å². The fourth-order valence-electron chi connectivity index (χ4n) is 3.25. The average Bonchev–Trinajstić information content (AvgIpc) is 3.26. The summed E-state index contributed by atoms with van der Waals surface area (Å²) in [6.07, 6.45) is 0. The Kier molecular flexibility index (Phi) is 7.22. The number of nitrogens with zero attached hydrogens (tertiary/aromatic N) is 1. The fourth-order valence-corrected chi connectivity index (χ4v) is 5.05. The normalized spacial score (nSPS) is 11.6. The molecule has 0 aliphatic carbocycles. The molecule has 0 bridgehead atoms. The monoisotopic (exact) mass is 473 g/mol. The minimum atomic E-state index is -0.481. The predicted molar refractivity (Wildman–Crippen MR) is 137 cm³/mol. The third-order valence-electron chi connectivity index (χ3n) is 4.83. The number of thioether (sulfide) groups is 1. The number of nitrogens with one attached hydrogen (secondary N) is 2. The van der Waals surface area contributed by atoms with Crippen molar-refractivity contribution in [3.05, 3.63) is 95.4 Å². The van der Waals surface area contributed by atoms with E-state index < -0.39 is 5.25 Å². The van der Waals surface area contributed by atoms with Gasteiger partial charge in [0.15, 0.2) is 5.13 Å². The molecule has 7 heteroatoms. The van der Waals surface area contributed by atoms with Crippen LogP contribution in [0, 0.1) is 6.92 Å². The average molecular weight is 474 g/mol. The number of amides is 2. The van der Waals surface area contributed by atoms with Gasteiger partial charge in [-0.2, -0.15) is 0 Å². The highest BCUT2D eigenvalue weighted by Crippen LogP contribution is 2.37. The van der Waals surface area contributed by atoms with Crippen LogP contribution in [-0.4, -0.2) is 16.8 Å². The number of carbonyl (C=O) groups is 2. The van der Waals surface area contributed by atoms with Crippen LogP contribution in [0.25, 0.3) is 11.3 Å². The first-order valence-electron chi connectivity index (χ1n) is 10.4. The molecule has 4 aromatic rings. The highest BCUT2D eigenvalue weighted by molar-refractivity contribution is 8.00. The van der Waals surface area contributed by atoms with Gasteiger partial charge in [0.05, 0.1) is 5.69 Å². The van der Waals surface area contributed by atoms with Crippen LogP contribution >= 0.6 is 23.1 Å². The van der Waals surface area contributed by atoms with E-state index in [1.165, 1.54) is 35.6 Å². The van der Waals surface area contributed by atoms with Gasteiger partial charge < -0.3 is 10.6 Å². The fraction of sp³-hybridized carbons (Fsp3) is 0.115. The summed E-state index contributed by atoms with van der Waals surface area (Å²) >= 11 is 2.83. The Morgan fingerprint density at radius 3 is 2.42 bits per heavy atom. The summed E-state index contributed by atoms with van der Waals surface area (Å²) in [6, 6.07) is 25.3. The van der Waals surface area contributed by atoms with Crippen molar-refractivity contribution in [3.8, 4) is 11.3 Å². The van der Waals surface area contributed by atoms with E-state index in [0.29, 0.717) is 10.8 Å². The van der Waals surface area contributed by atoms with Crippen molar-refractivity contribution in [2.45, 2.75) is 24.0 Å². The standard InChI is InChI=1S/C26H23N3O2S2/c1-17-11-13-19(14-12-17)23-16-32-26(28-23)29-25(31)24(20-7-4-3-5-8-20)33-22-10-6-9-21(15-22)27-18(2)30/h3-16,24H,1-2H3,(H,27,30)(H,28,29,31). The quantitative estimate of drug-likeness (QED) is 0.299. The number of hydrogen-bond donors (Lipinski definition) is 2. The topological polar surface area (TPSA) is 71.1 Å². The molecule has 0 aliphatic rings. The van der Waals surface area contributed by atoms with Gasteiger partial charge in [0.2, 0.25) is 11.8 Å². The summed E-state index contributed by atoms with van der Waals surface area (Å²) in [5.74, 6) is -0.288. The Morgan fingerprint density at radius 2 is 1.70 bits per heavy atom. The van der Waals surface area contributed by atoms with Crippen molar-refractivity contribution in [1.82, 2.24) is 4.98 Å². The van der Waals surface area contributed by atoms with Crippen molar-refractivity contribution in [2.24, 2.45) is 0 Å². The van der Waals surface area contributed by atoms with Gasteiger partial charge in [0.25, 0.3) is 0 Å². The molecule has 1 aromatic heterocycles. The number of carbonyl (C=O) groups excluding carboxylic acids is 2. The molecule has 0 saturated carbocycles. The van der Waals surface area contributed by atoms with E-state index >= 15 is 0 Å². The van der Waals surface area contributed by atoms with Crippen LogP contribution in [0.1, 0.15) is 23.3 Å². The van der Waals surface area contributed by atoms with E-state index in [2.05, 4.69) is 15.6 Å². The molecule has 0 radical (unpaired) electrons. The molecule has 2 amide bonds. The number of rotatable bonds is 7. The number of anilines is 2. The first-order chi connectivity index (χ1) is 16.0. The van der Waals surface area contributed by atoms with E-state index in [-0.39, 0.29) is 11.8 Å². The molecule has 1 heterocycles. The molecular weight excluding hydrogens is 450 g/mol. The van der Waals surface area contributed by atoms with Gasteiger partial charge in [0.1, 0.15) is 5.25 Å². The van der Waals surface area contributed by atoms with Crippen molar-refractivity contribution in [2.75, 3.05) is 10.6 Å². The first kappa shape index (κ1) is 22.8. The summed E-state index contributed by atoms with van der Waals surface area (Å²) in [7, 11) is 0. The second-order valence-corrected chi connectivity index (χ2v) is 9.55. The summed E-state index contributed by atoms with van der Waals surface area (Å²) in [5.41, 5.74) is 4.62. The van der Waals surface area contributed by atoms with Crippen LogP contribution in [0.15, 0.2) is 89.1 Å². The molecule has 2 N–H and O–H groups in total. The molecular formula is C26H23N3O2S2. The molecule has 1 unspecified atom stereocenters. The van der Waals surface area contributed by atoms with Crippen molar-refractivity contribution >= 4 is 45.7 Å². The van der Waals surface area contributed by atoms with Crippen LogP contribution in [0.4, 0.5) is 10.8 Å². The van der Waals surface area contributed by atoms with Crippen LogP contribution in [0.3, 0.4) is 0 Å². The number of hydrogen-bond acceptors (Lipinski definition) is 5. The van der Waals surface area contributed by atoms with Crippen LogP contribution in [-0.2, 0) is 9.59 Å². The smallest absolute Gasteiger partial charge is 0.244 e. The molecule has 3 aromatic carbocycles. The highest BCUT2D eigenvalue weighted by atomic mass is 32.2. The summed E-state index contributed by atoms with van der Waals surface area (Å²) in [6.45, 7) is 3.52. The molecule has 4 rings (SSSR count). The Hall–Kier alpha value is -3.42. The van der Waals surface area contributed by atoms with E-state index in [1.807, 2.05) is 91.2 Å². The summed E-state index contributed by atoms with van der Waals surface area (Å²) in [5, 5.41) is 7.80. The molecule has 166 valence electrons. The second kappa shape index (κ2) is 10.5. The molecule has 0 aliphatic heterocycles. The molecule has 5 nitrogen and oxygen atoms in total. The Balaban J connectivity index is 1.55. The predicted octanol–water partition coefficient (Wildman–Crippen LogP) is 6.55. The van der Waals surface area contributed by atoms with E-state index in [0.717, 1.165) is 21.7 Å². The zero-order chi connectivity index (χ0) is 23.2. The number of aromatic nitrogens is 1. The minimum absolute atomic E-state index is 0.136. The number of benzene rings is 3. The van der Waals surface area contributed by atoms with Crippen molar-refractivity contribution in [1.29, 1.82) is 0 Å². The maximum atomic E-state index is 13.3. The molecule has 33 heavy (non-hydrogen) atoms. The molecule has 0 saturated heterocycles. The van der Waals surface area contributed by atoms with E-state index in [1.54, 1.807) is 0 Å². The third kappa shape index (κ3) is 6.09. The molecule has 0 fully saturated rings. The molecule has 1 atom stereocenters. The lowest BCUT2D eigenvalue weighted by molar-refractivity contribution is -0.116. The summed E-state index contributed by atoms with van der Waals surface area (Å²) in [4.78, 5) is 30.2. The van der Waals surface area contributed by atoms with Crippen LogP contribution < -0.4 is 10.6 Å². The van der Waals surface area contributed by atoms with Gasteiger partial charge in [-0.1, -0.05) is 66.2 Å². The number of aryl methyl sites for hydroxylation is 1. The zero-order valence-corrected chi connectivity index (χ0v) is 19.9. The number of thiazole rings is 1.